The smallest absolute Gasteiger partial charge is 0.221 e. The standard InChI is InChI=1S/C8H11ClN4/c1-3-4-5-6(11-2)7(9)13-8(10)12-5/h2-4H2,1H3,(H2,10,12,13). The predicted molar refractivity (Wildman–Crippen MR) is 54.7 cm³/mol. The average Bonchev–Trinajstić information content (AvgIpc) is 2.04. The van der Waals surface area contributed by atoms with E-state index in [2.05, 4.69) is 21.7 Å². The highest BCUT2D eigenvalue weighted by Crippen LogP contribution is 2.26. The molecule has 0 bridgehead atoms. The topological polar surface area (TPSA) is 64.2 Å². The van der Waals surface area contributed by atoms with Crippen molar-refractivity contribution in [3.63, 3.8) is 0 Å². The van der Waals surface area contributed by atoms with Gasteiger partial charge in [0, 0.05) is 0 Å². The molecule has 13 heavy (non-hydrogen) atoms. The highest BCUT2D eigenvalue weighted by molar-refractivity contribution is 6.32. The van der Waals surface area contributed by atoms with Crippen molar-refractivity contribution < 1.29 is 0 Å². The summed E-state index contributed by atoms with van der Waals surface area (Å²) in [7, 11) is 0. The van der Waals surface area contributed by atoms with Gasteiger partial charge in [-0.15, -0.1) is 0 Å². The van der Waals surface area contributed by atoms with E-state index in [4.69, 9.17) is 17.3 Å². The minimum atomic E-state index is 0.181. The van der Waals surface area contributed by atoms with Gasteiger partial charge in [0.25, 0.3) is 0 Å². The number of hydrogen-bond donors (Lipinski definition) is 1. The molecule has 0 atom stereocenters. The number of hydrogen-bond acceptors (Lipinski definition) is 4. The molecule has 70 valence electrons. The zero-order valence-electron chi connectivity index (χ0n) is 7.42. The summed E-state index contributed by atoms with van der Waals surface area (Å²) in [5.74, 6) is 0.181. The summed E-state index contributed by atoms with van der Waals surface area (Å²) in [4.78, 5) is 11.6. The molecule has 1 rings (SSSR count). The Kier molecular flexibility index (Phi) is 3.19. The van der Waals surface area contributed by atoms with Crippen molar-refractivity contribution in [2.24, 2.45) is 4.99 Å². The van der Waals surface area contributed by atoms with Crippen LogP contribution in [0, 0.1) is 0 Å². The summed E-state index contributed by atoms with van der Waals surface area (Å²) in [6.07, 6.45) is 1.73. The quantitative estimate of drug-likeness (QED) is 0.597. The van der Waals surface area contributed by atoms with Gasteiger partial charge in [-0.1, -0.05) is 24.9 Å². The van der Waals surface area contributed by atoms with Gasteiger partial charge >= 0.3 is 0 Å². The first-order valence-corrected chi connectivity index (χ1v) is 4.35. The number of rotatable bonds is 3. The molecule has 0 aliphatic heterocycles. The Morgan fingerprint density at radius 1 is 1.54 bits per heavy atom. The van der Waals surface area contributed by atoms with Crippen molar-refractivity contribution >= 4 is 30.0 Å². The Morgan fingerprint density at radius 3 is 2.77 bits per heavy atom. The van der Waals surface area contributed by atoms with Gasteiger partial charge in [-0.3, -0.25) is 4.99 Å². The monoisotopic (exact) mass is 198 g/mol. The van der Waals surface area contributed by atoms with Gasteiger partial charge in [0.15, 0.2) is 5.15 Å². The molecule has 0 amide bonds. The van der Waals surface area contributed by atoms with Gasteiger partial charge in [0.2, 0.25) is 5.95 Å². The molecular weight excluding hydrogens is 188 g/mol. The average molecular weight is 199 g/mol. The van der Waals surface area contributed by atoms with E-state index in [0.717, 1.165) is 18.5 Å². The highest BCUT2D eigenvalue weighted by atomic mass is 35.5. The van der Waals surface area contributed by atoms with Gasteiger partial charge in [-0.2, -0.15) is 4.98 Å². The molecule has 0 spiro atoms. The van der Waals surface area contributed by atoms with Gasteiger partial charge in [0.1, 0.15) is 5.69 Å². The van der Waals surface area contributed by atoms with E-state index < -0.39 is 0 Å². The second-order valence-corrected chi connectivity index (χ2v) is 2.93. The van der Waals surface area contributed by atoms with Crippen LogP contribution < -0.4 is 5.73 Å². The first-order valence-electron chi connectivity index (χ1n) is 3.97. The van der Waals surface area contributed by atoms with E-state index in [1.807, 2.05) is 6.92 Å². The predicted octanol–water partition coefficient (Wildman–Crippen LogP) is 2.00. The van der Waals surface area contributed by atoms with Crippen molar-refractivity contribution in [2.75, 3.05) is 5.73 Å². The van der Waals surface area contributed by atoms with Gasteiger partial charge in [-0.25, -0.2) is 4.98 Å². The van der Waals surface area contributed by atoms with Crippen LogP contribution in [0.15, 0.2) is 4.99 Å². The van der Waals surface area contributed by atoms with E-state index in [-0.39, 0.29) is 11.1 Å². The summed E-state index contributed by atoms with van der Waals surface area (Å²) in [5.41, 5.74) is 6.74. The van der Waals surface area contributed by atoms with E-state index in [1.165, 1.54) is 0 Å². The third-order valence-electron chi connectivity index (χ3n) is 1.58. The van der Waals surface area contributed by atoms with Crippen molar-refractivity contribution in [3.8, 4) is 0 Å². The summed E-state index contributed by atoms with van der Waals surface area (Å²) in [6.45, 7) is 5.45. The Labute approximate surface area is 81.9 Å². The second kappa shape index (κ2) is 4.18. The number of aromatic nitrogens is 2. The van der Waals surface area contributed by atoms with E-state index in [0.29, 0.717) is 5.69 Å². The lowest BCUT2D eigenvalue weighted by molar-refractivity contribution is 0.877. The molecule has 5 heteroatoms. The summed E-state index contributed by atoms with van der Waals surface area (Å²) in [5, 5.41) is 0.269. The van der Waals surface area contributed by atoms with Gasteiger partial charge in [-0.05, 0) is 13.1 Å². The Hall–Kier alpha value is -1.16. The molecular formula is C8H11ClN4. The summed E-state index contributed by atoms with van der Waals surface area (Å²) >= 11 is 5.81. The third-order valence-corrected chi connectivity index (χ3v) is 1.84. The number of aryl methyl sites for hydroxylation is 1. The molecule has 0 unspecified atom stereocenters. The van der Waals surface area contributed by atoms with Crippen LogP contribution in [0.2, 0.25) is 5.15 Å². The fourth-order valence-corrected chi connectivity index (χ4v) is 1.31. The van der Waals surface area contributed by atoms with Crippen molar-refractivity contribution in [2.45, 2.75) is 19.8 Å². The minimum absolute atomic E-state index is 0.181. The molecule has 1 heterocycles. The lowest BCUT2D eigenvalue weighted by Gasteiger charge is -2.04. The van der Waals surface area contributed by atoms with Crippen LogP contribution in [0.4, 0.5) is 11.6 Å². The molecule has 2 N–H and O–H groups in total. The Morgan fingerprint density at radius 2 is 2.23 bits per heavy atom. The summed E-state index contributed by atoms with van der Waals surface area (Å²) in [6, 6.07) is 0. The van der Waals surface area contributed by atoms with Crippen molar-refractivity contribution in [3.05, 3.63) is 10.8 Å². The molecule has 0 radical (unpaired) electrons. The number of aliphatic imine (C=N–C) groups is 1. The maximum atomic E-state index is 5.81. The van der Waals surface area contributed by atoms with E-state index >= 15 is 0 Å². The number of anilines is 1. The minimum Gasteiger partial charge on any atom is -0.368 e. The van der Waals surface area contributed by atoms with Crippen LogP contribution in [0.25, 0.3) is 0 Å². The van der Waals surface area contributed by atoms with Gasteiger partial charge < -0.3 is 5.73 Å². The summed E-state index contributed by atoms with van der Waals surface area (Å²) < 4.78 is 0. The molecule has 0 aromatic carbocycles. The second-order valence-electron chi connectivity index (χ2n) is 2.58. The molecule has 0 saturated carbocycles. The zero-order valence-corrected chi connectivity index (χ0v) is 8.17. The number of halogens is 1. The number of nitrogens with zero attached hydrogens (tertiary/aromatic N) is 3. The lowest BCUT2D eigenvalue weighted by atomic mass is 10.2. The number of nitrogen functional groups attached to an aromatic ring is 1. The fourth-order valence-electron chi connectivity index (χ4n) is 1.06. The molecule has 0 fully saturated rings. The zero-order chi connectivity index (χ0) is 9.84. The number of nitrogens with two attached hydrogens (primary N) is 1. The largest absolute Gasteiger partial charge is 0.368 e. The SMILES string of the molecule is C=Nc1c(Cl)nc(N)nc1CCC. The molecule has 1 aromatic heterocycles. The van der Waals surface area contributed by atoms with E-state index in [9.17, 15) is 0 Å². The van der Waals surface area contributed by atoms with Crippen LogP contribution in [0.5, 0.6) is 0 Å². The van der Waals surface area contributed by atoms with Crippen molar-refractivity contribution in [1.29, 1.82) is 0 Å². The molecule has 0 aliphatic carbocycles. The molecule has 0 saturated heterocycles. The maximum Gasteiger partial charge on any atom is 0.221 e. The Bertz CT molecular complexity index is 324. The van der Waals surface area contributed by atoms with Crippen molar-refractivity contribution in [1.82, 2.24) is 9.97 Å². The van der Waals surface area contributed by atoms with Crippen LogP contribution in [-0.2, 0) is 6.42 Å². The van der Waals surface area contributed by atoms with Crippen LogP contribution in [0.1, 0.15) is 19.0 Å². The normalized spacial score (nSPS) is 10.0. The maximum absolute atomic E-state index is 5.81. The first kappa shape index (κ1) is 9.92. The van der Waals surface area contributed by atoms with Crippen LogP contribution >= 0.6 is 11.6 Å². The van der Waals surface area contributed by atoms with Gasteiger partial charge in [0.05, 0.1) is 5.69 Å². The molecule has 1 aromatic rings. The molecule has 0 aliphatic rings. The lowest BCUT2D eigenvalue weighted by Crippen LogP contribution is -2.00. The van der Waals surface area contributed by atoms with E-state index in [1.54, 1.807) is 0 Å². The first-order chi connectivity index (χ1) is 6.19. The fraction of sp³-hybridized carbons (Fsp3) is 0.375. The third kappa shape index (κ3) is 2.15. The highest BCUT2D eigenvalue weighted by Gasteiger charge is 2.09. The van der Waals surface area contributed by atoms with Crippen LogP contribution in [-0.4, -0.2) is 16.7 Å². The van der Waals surface area contributed by atoms with Crippen LogP contribution in [0.3, 0.4) is 0 Å². The Balaban J connectivity index is 3.20. The molecule has 4 nitrogen and oxygen atoms in total.